The van der Waals surface area contributed by atoms with Gasteiger partial charge in [-0.2, -0.15) is 0 Å². The number of hydrogen-bond acceptors (Lipinski definition) is 3. The number of nitrogens with zero attached hydrogens (tertiary/aromatic N) is 1. The highest BCUT2D eigenvalue weighted by atomic mass is 35.5. The molecular weight excluding hydrogens is 294 g/mol. The topological polar surface area (TPSA) is 62.2 Å². The number of benzene rings is 1. The molecule has 19 heavy (non-hydrogen) atoms. The third kappa shape index (κ3) is 3.13. The van der Waals surface area contributed by atoms with Crippen molar-refractivity contribution in [2.45, 2.75) is 0 Å². The number of carbonyl (C=O) groups is 1. The maximum absolute atomic E-state index is 13.2. The molecule has 0 saturated heterocycles. The number of hydrogen-bond donors (Lipinski definition) is 2. The second-order valence-electron chi connectivity index (χ2n) is 3.61. The molecule has 0 spiro atoms. The highest BCUT2D eigenvalue weighted by Gasteiger charge is 2.09. The molecule has 4 nitrogen and oxygen atoms in total. The standard InChI is InChI=1S/C12H7Cl2FN2O2/c13-8-4-7(5-9(14)11(8)15)17-10-3-6(12(18)19)1-2-16-10/h1-5H,(H,16,17)(H,18,19). The number of carboxylic acids is 1. The molecule has 1 aromatic carbocycles. The highest BCUT2D eigenvalue weighted by molar-refractivity contribution is 6.35. The van der Waals surface area contributed by atoms with E-state index in [-0.39, 0.29) is 15.6 Å². The molecule has 2 rings (SSSR count). The third-order valence-electron chi connectivity index (χ3n) is 2.26. The lowest BCUT2D eigenvalue weighted by molar-refractivity contribution is 0.0697. The van der Waals surface area contributed by atoms with Crippen LogP contribution in [0.5, 0.6) is 0 Å². The summed E-state index contributed by atoms with van der Waals surface area (Å²) in [5, 5.41) is 11.4. The van der Waals surface area contributed by atoms with E-state index < -0.39 is 11.8 Å². The summed E-state index contributed by atoms with van der Waals surface area (Å²) in [7, 11) is 0. The lowest BCUT2D eigenvalue weighted by Crippen LogP contribution is -2.00. The fourth-order valence-electron chi connectivity index (χ4n) is 1.41. The number of carboxylic acid groups (broad SMARTS) is 1. The van der Waals surface area contributed by atoms with Crippen LogP contribution in [-0.2, 0) is 0 Å². The summed E-state index contributed by atoms with van der Waals surface area (Å²) in [5.41, 5.74) is 0.489. The number of pyridine rings is 1. The van der Waals surface area contributed by atoms with E-state index in [1.165, 1.54) is 30.5 Å². The summed E-state index contributed by atoms with van der Waals surface area (Å²) in [6, 6.07) is 5.36. The quantitative estimate of drug-likeness (QED) is 0.842. The average Bonchev–Trinajstić information content (AvgIpc) is 2.36. The molecule has 0 unspecified atom stereocenters. The van der Waals surface area contributed by atoms with Crippen molar-refractivity contribution in [2.24, 2.45) is 0 Å². The Morgan fingerprint density at radius 1 is 1.26 bits per heavy atom. The minimum Gasteiger partial charge on any atom is -0.478 e. The van der Waals surface area contributed by atoms with Crippen LogP contribution in [0.3, 0.4) is 0 Å². The molecule has 0 amide bonds. The van der Waals surface area contributed by atoms with Gasteiger partial charge in [-0.3, -0.25) is 0 Å². The van der Waals surface area contributed by atoms with Crippen LogP contribution in [0.4, 0.5) is 15.9 Å². The van der Waals surface area contributed by atoms with E-state index in [2.05, 4.69) is 10.3 Å². The van der Waals surface area contributed by atoms with E-state index in [0.717, 1.165) is 0 Å². The van der Waals surface area contributed by atoms with Crippen LogP contribution < -0.4 is 5.32 Å². The highest BCUT2D eigenvalue weighted by Crippen LogP contribution is 2.28. The van der Waals surface area contributed by atoms with E-state index in [9.17, 15) is 9.18 Å². The van der Waals surface area contributed by atoms with Gasteiger partial charge in [0.05, 0.1) is 15.6 Å². The van der Waals surface area contributed by atoms with Gasteiger partial charge in [-0.25, -0.2) is 14.2 Å². The largest absolute Gasteiger partial charge is 0.478 e. The predicted molar refractivity (Wildman–Crippen MR) is 70.9 cm³/mol. The molecule has 0 saturated carbocycles. The van der Waals surface area contributed by atoms with Crippen molar-refractivity contribution in [3.8, 4) is 0 Å². The normalized spacial score (nSPS) is 10.3. The maximum atomic E-state index is 13.2. The fourth-order valence-corrected chi connectivity index (χ4v) is 1.89. The number of anilines is 2. The first kappa shape index (κ1) is 13.6. The van der Waals surface area contributed by atoms with Gasteiger partial charge >= 0.3 is 5.97 Å². The molecule has 1 aromatic heterocycles. The average molecular weight is 301 g/mol. The Labute approximate surface area is 117 Å². The van der Waals surface area contributed by atoms with E-state index in [1.54, 1.807) is 0 Å². The molecule has 0 aliphatic heterocycles. The van der Waals surface area contributed by atoms with Crippen molar-refractivity contribution >= 4 is 40.7 Å². The Kier molecular flexibility index (Phi) is 3.87. The zero-order valence-corrected chi connectivity index (χ0v) is 10.8. The second kappa shape index (κ2) is 5.42. The second-order valence-corrected chi connectivity index (χ2v) is 4.43. The number of aromatic nitrogens is 1. The molecule has 2 aromatic rings. The van der Waals surface area contributed by atoms with Gasteiger partial charge in [-0.05, 0) is 24.3 Å². The summed E-state index contributed by atoms with van der Waals surface area (Å²) in [5.74, 6) is -1.49. The zero-order chi connectivity index (χ0) is 14.0. The SMILES string of the molecule is O=C(O)c1ccnc(Nc2cc(Cl)c(F)c(Cl)c2)c1. The molecule has 98 valence electrons. The molecule has 0 aliphatic rings. The summed E-state index contributed by atoms with van der Waals surface area (Å²) in [6.45, 7) is 0. The van der Waals surface area contributed by atoms with Crippen LogP contribution in [0.2, 0.25) is 10.0 Å². The lowest BCUT2D eigenvalue weighted by atomic mass is 10.2. The fraction of sp³-hybridized carbons (Fsp3) is 0. The smallest absolute Gasteiger partial charge is 0.335 e. The minimum absolute atomic E-state index is 0.0804. The van der Waals surface area contributed by atoms with Crippen LogP contribution in [-0.4, -0.2) is 16.1 Å². The van der Waals surface area contributed by atoms with Crippen molar-refractivity contribution in [1.29, 1.82) is 0 Å². The van der Waals surface area contributed by atoms with Crippen LogP contribution in [0, 0.1) is 5.82 Å². The monoisotopic (exact) mass is 300 g/mol. The molecular formula is C12H7Cl2FN2O2. The number of aromatic carboxylic acids is 1. The van der Waals surface area contributed by atoms with E-state index in [4.69, 9.17) is 28.3 Å². The van der Waals surface area contributed by atoms with Gasteiger partial charge < -0.3 is 10.4 Å². The summed E-state index contributed by atoms with van der Waals surface area (Å²) >= 11 is 11.3. The van der Waals surface area contributed by atoms with Crippen LogP contribution in [0.15, 0.2) is 30.5 Å². The molecule has 2 N–H and O–H groups in total. The number of rotatable bonds is 3. The summed E-state index contributed by atoms with van der Waals surface area (Å²) in [6.07, 6.45) is 1.35. The third-order valence-corrected chi connectivity index (χ3v) is 2.81. The van der Waals surface area contributed by atoms with E-state index in [0.29, 0.717) is 11.5 Å². The Hall–Kier alpha value is -1.85. The van der Waals surface area contributed by atoms with Crippen molar-refractivity contribution in [1.82, 2.24) is 4.98 Å². The first-order chi connectivity index (χ1) is 8.97. The van der Waals surface area contributed by atoms with Crippen molar-refractivity contribution in [2.75, 3.05) is 5.32 Å². The summed E-state index contributed by atoms with van der Waals surface area (Å²) in [4.78, 5) is 14.8. The Morgan fingerprint density at radius 2 is 1.89 bits per heavy atom. The van der Waals surface area contributed by atoms with E-state index in [1.807, 2.05) is 0 Å². The van der Waals surface area contributed by atoms with E-state index >= 15 is 0 Å². The first-order valence-corrected chi connectivity index (χ1v) is 5.84. The molecule has 0 fully saturated rings. The molecule has 0 atom stereocenters. The molecule has 1 heterocycles. The number of halogens is 3. The van der Waals surface area contributed by atoms with Crippen LogP contribution in [0.25, 0.3) is 0 Å². The van der Waals surface area contributed by atoms with Gasteiger partial charge in [0.1, 0.15) is 5.82 Å². The van der Waals surface area contributed by atoms with Crippen molar-refractivity contribution in [3.63, 3.8) is 0 Å². The molecule has 0 bridgehead atoms. The van der Waals surface area contributed by atoms with Crippen LogP contribution >= 0.6 is 23.2 Å². The Balaban J connectivity index is 2.31. The zero-order valence-electron chi connectivity index (χ0n) is 9.32. The predicted octanol–water partition coefficient (Wildman–Crippen LogP) is 3.97. The van der Waals surface area contributed by atoms with Gasteiger partial charge in [0, 0.05) is 11.9 Å². The van der Waals surface area contributed by atoms with Crippen LogP contribution in [0.1, 0.15) is 10.4 Å². The van der Waals surface area contributed by atoms with Gasteiger partial charge in [0.25, 0.3) is 0 Å². The van der Waals surface area contributed by atoms with Gasteiger partial charge in [-0.1, -0.05) is 23.2 Å². The maximum Gasteiger partial charge on any atom is 0.335 e. The number of nitrogens with one attached hydrogen (secondary N) is 1. The first-order valence-electron chi connectivity index (χ1n) is 5.08. The van der Waals surface area contributed by atoms with Crippen molar-refractivity contribution < 1.29 is 14.3 Å². The Bertz CT molecular complexity index is 626. The minimum atomic E-state index is -1.07. The van der Waals surface area contributed by atoms with Crippen molar-refractivity contribution in [3.05, 3.63) is 51.9 Å². The summed E-state index contributed by atoms with van der Waals surface area (Å²) < 4.78 is 13.2. The Morgan fingerprint density at radius 3 is 2.47 bits per heavy atom. The molecule has 7 heteroatoms. The molecule has 0 radical (unpaired) electrons. The van der Waals surface area contributed by atoms with Gasteiger partial charge in [0.15, 0.2) is 5.82 Å². The molecule has 0 aliphatic carbocycles. The van der Waals surface area contributed by atoms with Gasteiger partial charge in [0.2, 0.25) is 0 Å². The lowest BCUT2D eigenvalue weighted by Gasteiger charge is -2.08. The van der Waals surface area contributed by atoms with Gasteiger partial charge in [-0.15, -0.1) is 0 Å².